The Kier molecular flexibility index (Phi) is 8.96. The molecule has 0 spiro atoms. The van der Waals surface area contributed by atoms with Crippen molar-refractivity contribution in [3.8, 4) is 11.5 Å². The summed E-state index contributed by atoms with van der Waals surface area (Å²) in [7, 11) is 3.18. The Balaban J connectivity index is 2.00. The summed E-state index contributed by atoms with van der Waals surface area (Å²) in [6, 6.07) is 13.1. The van der Waals surface area contributed by atoms with Crippen molar-refractivity contribution in [2.75, 3.05) is 20.8 Å². The summed E-state index contributed by atoms with van der Waals surface area (Å²) >= 11 is 0. The van der Waals surface area contributed by atoms with E-state index in [0.717, 1.165) is 11.1 Å². The largest absolute Gasteiger partial charge is 0.497 e. The molecule has 0 bridgehead atoms. The first kappa shape index (κ1) is 27.0. The van der Waals surface area contributed by atoms with Crippen LogP contribution in [0.25, 0.3) is 0 Å². The number of carbonyl (C=O) groups is 3. The second-order valence-corrected chi connectivity index (χ2v) is 9.30. The summed E-state index contributed by atoms with van der Waals surface area (Å²) in [4.78, 5) is 43.9. The minimum absolute atomic E-state index is 0.128. The Morgan fingerprint density at radius 1 is 0.778 bits per heavy atom. The van der Waals surface area contributed by atoms with Crippen LogP contribution in [0.4, 0.5) is 0 Å². The molecule has 1 fully saturated rings. The SMILES string of the molecule is CCOC(=O)[C@@H](C)[C@@H]1C(=O)N(Cc2ccc(OC)cc2)[C@@H](C(C)C)C(=O)N1Cc1ccc(OC)cc1. The quantitative estimate of drug-likeness (QED) is 0.467. The Morgan fingerprint density at radius 2 is 1.19 bits per heavy atom. The molecular weight excluding hydrogens is 460 g/mol. The number of piperazine rings is 1. The molecule has 36 heavy (non-hydrogen) atoms. The maximum Gasteiger partial charge on any atom is 0.311 e. The molecule has 2 amide bonds. The van der Waals surface area contributed by atoms with Crippen LogP contribution in [-0.2, 0) is 32.2 Å². The number of rotatable bonds is 10. The highest BCUT2D eigenvalue weighted by Gasteiger charge is 2.50. The molecule has 1 saturated heterocycles. The normalized spacial score (nSPS) is 18.9. The number of ether oxygens (including phenoxy) is 3. The number of hydrogen-bond donors (Lipinski definition) is 0. The monoisotopic (exact) mass is 496 g/mol. The molecule has 1 aliphatic rings. The van der Waals surface area contributed by atoms with Crippen LogP contribution in [0.2, 0.25) is 0 Å². The second kappa shape index (κ2) is 11.9. The van der Waals surface area contributed by atoms with Gasteiger partial charge < -0.3 is 24.0 Å². The summed E-state index contributed by atoms with van der Waals surface area (Å²) in [5.41, 5.74) is 1.71. The smallest absolute Gasteiger partial charge is 0.311 e. The van der Waals surface area contributed by atoms with Gasteiger partial charge in [-0.3, -0.25) is 14.4 Å². The van der Waals surface area contributed by atoms with Gasteiger partial charge in [0.05, 0.1) is 26.7 Å². The van der Waals surface area contributed by atoms with E-state index >= 15 is 0 Å². The van der Waals surface area contributed by atoms with Crippen LogP contribution >= 0.6 is 0 Å². The van der Waals surface area contributed by atoms with Gasteiger partial charge in [-0.25, -0.2) is 0 Å². The van der Waals surface area contributed by atoms with Gasteiger partial charge in [-0.15, -0.1) is 0 Å². The molecule has 8 nitrogen and oxygen atoms in total. The van der Waals surface area contributed by atoms with Gasteiger partial charge in [-0.05, 0) is 55.2 Å². The van der Waals surface area contributed by atoms with Gasteiger partial charge in [0.1, 0.15) is 23.6 Å². The Labute approximate surface area is 213 Å². The maximum atomic E-state index is 14.0. The van der Waals surface area contributed by atoms with Gasteiger partial charge in [-0.1, -0.05) is 38.1 Å². The van der Waals surface area contributed by atoms with Crippen molar-refractivity contribution in [2.45, 2.75) is 52.9 Å². The molecule has 3 atom stereocenters. The van der Waals surface area contributed by atoms with E-state index in [4.69, 9.17) is 14.2 Å². The first-order valence-electron chi connectivity index (χ1n) is 12.2. The van der Waals surface area contributed by atoms with Gasteiger partial charge >= 0.3 is 5.97 Å². The zero-order valence-electron chi connectivity index (χ0n) is 21.9. The average Bonchev–Trinajstić information content (AvgIpc) is 2.87. The summed E-state index contributed by atoms with van der Waals surface area (Å²) in [5, 5.41) is 0. The molecule has 1 aliphatic heterocycles. The molecule has 1 heterocycles. The van der Waals surface area contributed by atoms with E-state index in [1.54, 1.807) is 37.9 Å². The van der Waals surface area contributed by atoms with E-state index in [1.807, 2.05) is 62.4 Å². The van der Waals surface area contributed by atoms with Crippen molar-refractivity contribution in [3.05, 3.63) is 59.7 Å². The fraction of sp³-hybridized carbons (Fsp3) is 0.464. The third-order valence-electron chi connectivity index (χ3n) is 6.53. The summed E-state index contributed by atoms with van der Waals surface area (Å²) in [5.74, 6) is -0.506. The van der Waals surface area contributed by atoms with Crippen molar-refractivity contribution in [1.29, 1.82) is 0 Å². The summed E-state index contributed by atoms with van der Waals surface area (Å²) < 4.78 is 15.7. The lowest BCUT2D eigenvalue weighted by Gasteiger charge is -2.47. The van der Waals surface area contributed by atoms with Crippen molar-refractivity contribution in [3.63, 3.8) is 0 Å². The fourth-order valence-electron chi connectivity index (χ4n) is 4.62. The fourth-order valence-corrected chi connectivity index (χ4v) is 4.62. The van der Waals surface area contributed by atoms with Crippen molar-refractivity contribution < 1.29 is 28.6 Å². The number of methoxy groups -OCH3 is 2. The lowest BCUT2D eigenvalue weighted by molar-refractivity contribution is -0.172. The molecule has 194 valence electrons. The van der Waals surface area contributed by atoms with Gasteiger partial charge in [0.25, 0.3) is 0 Å². The van der Waals surface area contributed by atoms with Gasteiger partial charge in [-0.2, -0.15) is 0 Å². The number of carbonyl (C=O) groups excluding carboxylic acids is 3. The molecule has 0 radical (unpaired) electrons. The lowest BCUT2D eigenvalue weighted by atomic mass is 9.89. The first-order valence-corrected chi connectivity index (χ1v) is 12.2. The predicted molar refractivity (Wildman–Crippen MR) is 135 cm³/mol. The molecule has 0 unspecified atom stereocenters. The van der Waals surface area contributed by atoms with Crippen LogP contribution in [-0.4, -0.2) is 60.5 Å². The molecular formula is C28H36N2O6. The van der Waals surface area contributed by atoms with E-state index in [-0.39, 0.29) is 37.4 Å². The zero-order chi connectivity index (χ0) is 26.4. The number of amides is 2. The third kappa shape index (κ3) is 5.80. The van der Waals surface area contributed by atoms with E-state index in [9.17, 15) is 14.4 Å². The molecule has 2 aromatic rings. The van der Waals surface area contributed by atoms with Gasteiger partial charge in [0, 0.05) is 13.1 Å². The highest BCUT2D eigenvalue weighted by Crippen LogP contribution is 2.31. The highest BCUT2D eigenvalue weighted by molar-refractivity contribution is 5.99. The number of benzene rings is 2. The van der Waals surface area contributed by atoms with Crippen molar-refractivity contribution >= 4 is 17.8 Å². The zero-order valence-corrected chi connectivity index (χ0v) is 21.9. The van der Waals surface area contributed by atoms with Crippen LogP contribution in [0.15, 0.2) is 48.5 Å². The second-order valence-electron chi connectivity index (χ2n) is 9.30. The van der Waals surface area contributed by atoms with E-state index < -0.39 is 24.0 Å². The number of hydrogen-bond acceptors (Lipinski definition) is 6. The lowest BCUT2D eigenvalue weighted by Crippen LogP contribution is -2.67. The van der Waals surface area contributed by atoms with Crippen LogP contribution in [0.1, 0.15) is 38.8 Å². The number of nitrogens with zero attached hydrogens (tertiary/aromatic N) is 2. The Morgan fingerprint density at radius 3 is 1.58 bits per heavy atom. The summed E-state index contributed by atoms with van der Waals surface area (Å²) in [6.45, 7) is 7.87. The van der Waals surface area contributed by atoms with Gasteiger partial charge in [0.15, 0.2) is 0 Å². The first-order chi connectivity index (χ1) is 17.2. The van der Waals surface area contributed by atoms with E-state index in [1.165, 1.54) is 0 Å². The van der Waals surface area contributed by atoms with Crippen LogP contribution in [0.5, 0.6) is 11.5 Å². The van der Waals surface area contributed by atoms with Crippen LogP contribution in [0, 0.1) is 11.8 Å². The Hall–Kier alpha value is -3.55. The molecule has 8 heteroatoms. The molecule has 0 N–H and O–H groups in total. The molecule has 3 rings (SSSR count). The van der Waals surface area contributed by atoms with E-state index in [0.29, 0.717) is 11.5 Å². The van der Waals surface area contributed by atoms with Crippen LogP contribution in [0.3, 0.4) is 0 Å². The molecule has 2 aromatic carbocycles. The molecule has 0 saturated carbocycles. The molecule has 0 aromatic heterocycles. The maximum absolute atomic E-state index is 14.0. The highest BCUT2D eigenvalue weighted by atomic mass is 16.5. The van der Waals surface area contributed by atoms with Gasteiger partial charge in [0.2, 0.25) is 11.8 Å². The van der Waals surface area contributed by atoms with Crippen molar-refractivity contribution in [1.82, 2.24) is 9.80 Å². The van der Waals surface area contributed by atoms with Crippen LogP contribution < -0.4 is 9.47 Å². The standard InChI is InChI=1S/C28H36N2O6/c1-7-36-28(33)19(4)25-27(32)29(16-20-8-12-22(34-5)13-9-20)24(18(2)3)26(31)30(25)17-21-10-14-23(35-6)15-11-21/h8-15,18-19,24-25H,7,16-17H2,1-6H3/t19-,24-,25+/m0/s1. The average molecular weight is 497 g/mol. The topological polar surface area (TPSA) is 85.4 Å². The Bertz CT molecular complexity index is 1050. The van der Waals surface area contributed by atoms with Crippen molar-refractivity contribution in [2.24, 2.45) is 11.8 Å². The third-order valence-corrected chi connectivity index (χ3v) is 6.53. The minimum Gasteiger partial charge on any atom is -0.497 e. The molecule has 0 aliphatic carbocycles. The number of esters is 1. The summed E-state index contributed by atoms with van der Waals surface area (Å²) in [6.07, 6.45) is 0. The minimum atomic E-state index is -0.980. The van der Waals surface area contributed by atoms with E-state index in [2.05, 4.69) is 0 Å². The predicted octanol–water partition coefficient (Wildman–Crippen LogP) is 3.67.